The fourth-order valence-corrected chi connectivity index (χ4v) is 4.92. The number of hydrogen-bond acceptors (Lipinski definition) is 8. The molecule has 2 atom stereocenters. The minimum atomic E-state index is -3.57. The van der Waals surface area contributed by atoms with E-state index < -0.39 is 10.0 Å². The van der Waals surface area contributed by atoms with Gasteiger partial charge in [-0.1, -0.05) is 6.92 Å². The van der Waals surface area contributed by atoms with Crippen molar-refractivity contribution in [1.29, 1.82) is 0 Å². The number of anilines is 2. The number of amides is 1. The molecule has 35 heavy (non-hydrogen) atoms. The molecule has 4 rings (SSSR count). The maximum absolute atomic E-state index is 13.3. The number of hydrogen-bond donors (Lipinski definition) is 2. The highest BCUT2D eigenvalue weighted by molar-refractivity contribution is 7.92. The first-order valence-corrected chi connectivity index (χ1v) is 13.0. The van der Waals surface area contributed by atoms with Gasteiger partial charge < -0.3 is 15.5 Å². The van der Waals surface area contributed by atoms with Crippen LogP contribution in [-0.2, 0) is 10.0 Å². The van der Waals surface area contributed by atoms with E-state index in [2.05, 4.69) is 14.6 Å². The van der Waals surface area contributed by atoms with Crippen molar-refractivity contribution in [1.82, 2.24) is 24.5 Å². The molecular weight excluding hydrogens is 492 g/mol. The highest BCUT2D eigenvalue weighted by Gasteiger charge is 2.27. The average Bonchev–Trinajstić information content (AvgIpc) is 3.38. The van der Waals surface area contributed by atoms with E-state index in [1.165, 1.54) is 18.5 Å². The zero-order chi connectivity index (χ0) is 24.6. The SMILES string of the molecule is CC[C@@H](c1cc2nc(N3CC[C@H](N)C3)c(C)cn2n1)N(C)C(=O)c1ccncc1NS(C)(=O)=O.Cl. The summed E-state index contributed by atoms with van der Waals surface area (Å²) in [5.41, 5.74) is 8.82. The van der Waals surface area contributed by atoms with Crippen molar-refractivity contribution >= 4 is 45.5 Å². The van der Waals surface area contributed by atoms with Crippen LogP contribution in [-0.4, -0.2) is 71.2 Å². The van der Waals surface area contributed by atoms with Crippen molar-refractivity contribution in [2.75, 3.05) is 36.0 Å². The Morgan fingerprint density at radius 2 is 2.14 bits per heavy atom. The van der Waals surface area contributed by atoms with Crippen molar-refractivity contribution in [3.8, 4) is 0 Å². The van der Waals surface area contributed by atoms with Crippen LogP contribution in [0.15, 0.2) is 30.7 Å². The lowest BCUT2D eigenvalue weighted by molar-refractivity contribution is 0.0723. The first-order chi connectivity index (χ1) is 16.1. The molecule has 3 aromatic heterocycles. The predicted octanol–water partition coefficient (Wildman–Crippen LogP) is 1.99. The topological polar surface area (TPSA) is 139 Å². The maximum atomic E-state index is 13.3. The van der Waals surface area contributed by atoms with Gasteiger partial charge in [0.05, 0.1) is 35.4 Å². The van der Waals surface area contributed by atoms with Crippen molar-refractivity contribution in [3.63, 3.8) is 0 Å². The number of nitrogens with zero attached hydrogens (tertiary/aromatic N) is 6. The van der Waals surface area contributed by atoms with Crippen molar-refractivity contribution in [3.05, 3.63) is 47.5 Å². The Hall–Kier alpha value is -2.96. The fourth-order valence-electron chi connectivity index (χ4n) is 4.36. The molecule has 0 aliphatic carbocycles. The van der Waals surface area contributed by atoms with Gasteiger partial charge >= 0.3 is 0 Å². The zero-order valence-corrected chi connectivity index (χ0v) is 21.8. The Labute approximate surface area is 211 Å². The quantitative estimate of drug-likeness (QED) is 0.480. The van der Waals surface area contributed by atoms with Crippen LogP contribution < -0.4 is 15.4 Å². The van der Waals surface area contributed by atoms with Crippen LogP contribution >= 0.6 is 12.4 Å². The number of nitrogens with one attached hydrogen (secondary N) is 1. The molecule has 190 valence electrons. The van der Waals surface area contributed by atoms with E-state index in [1.807, 2.05) is 26.1 Å². The van der Waals surface area contributed by atoms with Crippen molar-refractivity contribution < 1.29 is 13.2 Å². The molecule has 3 N–H and O–H groups in total. The summed E-state index contributed by atoms with van der Waals surface area (Å²) in [5, 5.41) is 4.70. The number of pyridine rings is 1. The van der Waals surface area contributed by atoms with Crippen molar-refractivity contribution in [2.24, 2.45) is 5.73 Å². The van der Waals surface area contributed by atoms with Gasteiger partial charge in [0, 0.05) is 50.2 Å². The molecule has 11 nitrogen and oxygen atoms in total. The largest absolute Gasteiger partial charge is 0.355 e. The number of carbonyl (C=O) groups excluding carboxylic acids is 1. The molecule has 0 radical (unpaired) electrons. The molecule has 0 saturated carbocycles. The highest BCUT2D eigenvalue weighted by Crippen LogP contribution is 2.28. The summed E-state index contributed by atoms with van der Waals surface area (Å²) >= 11 is 0. The molecule has 0 unspecified atom stereocenters. The van der Waals surface area contributed by atoms with Crippen LogP contribution in [0.2, 0.25) is 0 Å². The molecule has 0 bridgehead atoms. The third-order valence-corrected chi connectivity index (χ3v) is 6.60. The lowest BCUT2D eigenvalue weighted by Crippen LogP contribution is -2.32. The number of aryl methyl sites for hydroxylation is 1. The number of rotatable bonds is 7. The van der Waals surface area contributed by atoms with E-state index in [0.29, 0.717) is 17.8 Å². The Morgan fingerprint density at radius 3 is 2.77 bits per heavy atom. The summed E-state index contributed by atoms with van der Waals surface area (Å²) in [5.74, 6) is 0.561. The molecule has 1 aliphatic rings. The predicted molar refractivity (Wildman–Crippen MR) is 138 cm³/mol. The number of carbonyl (C=O) groups is 1. The second-order valence-electron chi connectivity index (χ2n) is 8.75. The van der Waals surface area contributed by atoms with Crippen LogP contribution in [0.4, 0.5) is 11.5 Å². The van der Waals surface area contributed by atoms with Gasteiger partial charge in [0.1, 0.15) is 5.82 Å². The minimum absolute atomic E-state index is 0. The van der Waals surface area contributed by atoms with Gasteiger partial charge in [0.25, 0.3) is 5.91 Å². The van der Waals surface area contributed by atoms with E-state index in [0.717, 1.165) is 37.1 Å². The lowest BCUT2D eigenvalue weighted by Gasteiger charge is -2.26. The van der Waals surface area contributed by atoms with Gasteiger partial charge in [0.2, 0.25) is 10.0 Å². The second-order valence-corrected chi connectivity index (χ2v) is 10.5. The van der Waals surface area contributed by atoms with Crippen LogP contribution in [0, 0.1) is 6.92 Å². The number of aromatic nitrogens is 4. The molecule has 13 heteroatoms. The van der Waals surface area contributed by atoms with E-state index in [4.69, 9.17) is 15.8 Å². The van der Waals surface area contributed by atoms with E-state index in [-0.39, 0.29) is 41.6 Å². The number of halogens is 1. The summed E-state index contributed by atoms with van der Waals surface area (Å²) in [4.78, 5) is 25.9. The van der Waals surface area contributed by atoms with Crippen LogP contribution in [0.1, 0.15) is 47.4 Å². The maximum Gasteiger partial charge on any atom is 0.256 e. The molecule has 1 saturated heterocycles. The molecule has 4 heterocycles. The Morgan fingerprint density at radius 1 is 1.40 bits per heavy atom. The van der Waals surface area contributed by atoms with Crippen LogP contribution in [0.5, 0.6) is 0 Å². The number of nitrogens with two attached hydrogens (primary N) is 1. The van der Waals surface area contributed by atoms with Gasteiger partial charge in [-0.05, 0) is 25.8 Å². The first-order valence-electron chi connectivity index (χ1n) is 11.1. The minimum Gasteiger partial charge on any atom is -0.355 e. The van der Waals surface area contributed by atoms with Gasteiger partial charge in [0.15, 0.2) is 5.65 Å². The smallest absolute Gasteiger partial charge is 0.256 e. The summed E-state index contributed by atoms with van der Waals surface area (Å²) < 4.78 is 27.6. The summed E-state index contributed by atoms with van der Waals surface area (Å²) in [6.45, 7) is 5.61. The summed E-state index contributed by atoms with van der Waals surface area (Å²) in [6.07, 6.45) is 7.30. The van der Waals surface area contributed by atoms with Crippen LogP contribution in [0.3, 0.4) is 0 Å². The Bertz CT molecular complexity index is 1330. The van der Waals surface area contributed by atoms with Gasteiger partial charge in [-0.3, -0.25) is 14.5 Å². The van der Waals surface area contributed by atoms with Gasteiger partial charge in [-0.2, -0.15) is 5.10 Å². The van der Waals surface area contributed by atoms with Gasteiger partial charge in [-0.25, -0.2) is 17.9 Å². The monoisotopic (exact) mass is 522 g/mol. The van der Waals surface area contributed by atoms with E-state index in [9.17, 15) is 13.2 Å². The normalized spacial score (nSPS) is 16.7. The molecule has 1 amide bonds. The standard InChI is InChI=1S/C22H30N8O3S.ClH/c1-5-19(28(3)22(31)16-6-8-24-11-18(16)27-34(4,32)33)17-10-20-25-21(14(2)12-30(20)26-17)29-9-7-15(23)13-29;/h6,8,10-12,15,19,27H,5,7,9,13,23H2,1-4H3;1H/t15-,19-;/m0./s1. The highest BCUT2D eigenvalue weighted by atomic mass is 35.5. The van der Waals surface area contributed by atoms with Gasteiger partial charge in [-0.15, -0.1) is 12.4 Å². The van der Waals surface area contributed by atoms with Crippen molar-refractivity contribution in [2.45, 2.75) is 38.8 Å². The third kappa shape index (κ3) is 5.65. The Balaban J connectivity index is 0.00000342. The van der Waals surface area contributed by atoms with Crippen LogP contribution in [0.25, 0.3) is 5.65 Å². The lowest BCUT2D eigenvalue weighted by atomic mass is 10.1. The average molecular weight is 523 g/mol. The summed E-state index contributed by atoms with van der Waals surface area (Å²) in [7, 11) is -1.89. The molecule has 1 fully saturated rings. The zero-order valence-electron chi connectivity index (χ0n) is 20.2. The summed E-state index contributed by atoms with van der Waals surface area (Å²) in [6, 6.07) is 3.20. The molecule has 0 spiro atoms. The number of fused-ring (bicyclic) bond motifs is 1. The van der Waals surface area contributed by atoms with E-state index in [1.54, 1.807) is 16.5 Å². The Kier molecular flexibility index (Phi) is 7.87. The first kappa shape index (κ1) is 26.6. The molecule has 1 aliphatic heterocycles. The second kappa shape index (κ2) is 10.3. The fraction of sp³-hybridized carbons (Fsp3) is 0.455. The third-order valence-electron chi connectivity index (χ3n) is 6.01. The van der Waals surface area contributed by atoms with E-state index >= 15 is 0 Å². The number of sulfonamides is 1. The molecule has 0 aromatic carbocycles. The molecule has 3 aromatic rings. The molecular formula is C22H31ClN8O3S.